The fraction of sp³-hybridized carbons (Fsp3) is 0.867. The number of ether oxygens (including phenoxy) is 1. The van der Waals surface area contributed by atoms with Crippen molar-refractivity contribution in [3.05, 3.63) is 0 Å². The number of nitrogens with zero attached hydrogens (tertiary/aromatic N) is 1. The molecule has 0 aliphatic heterocycles. The van der Waals surface area contributed by atoms with E-state index in [1.807, 2.05) is 20.8 Å². The van der Waals surface area contributed by atoms with Crippen LogP contribution in [0.2, 0.25) is 0 Å². The number of hydrogen-bond donors (Lipinski definition) is 2. The van der Waals surface area contributed by atoms with Gasteiger partial charge in [0, 0.05) is 13.1 Å². The van der Waals surface area contributed by atoms with Crippen molar-refractivity contribution in [2.45, 2.75) is 77.1 Å². The zero-order valence-electron chi connectivity index (χ0n) is 13.8. The fourth-order valence-electron chi connectivity index (χ4n) is 2.53. The molecule has 0 aromatic heterocycles. The minimum Gasteiger partial charge on any atom is -0.444 e. The summed E-state index contributed by atoms with van der Waals surface area (Å²) in [5.41, 5.74) is 5.08. The molecule has 0 heterocycles. The van der Waals surface area contributed by atoms with E-state index in [4.69, 9.17) is 10.5 Å². The molecule has 1 saturated carbocycles. The Bertz CT molecular complexity index is 377. The Labute approximate surface area is 127 Å². The smallest absolute Gasteiger partial charge is 0.410 e. The minimum absolute atomic E-state index is 0.0451. The van der Waals surface area contributed by atoms with E-state index in [0.717, 1.165) is 25.7 Å². The summed E-state index contributed by atoms with van der Waals surface area (Å²) in [6.07, 6.45) is 3.45. The van der Waals surface area contributed by atoms with Crippen molar-refractivity contribution in [3.63, 3.8) is 0 Å². The van der Waals surface area contributed by atoms with Gasteiger partial charge in [-0.1, -0.05) is 12.8 Å². The summed E-state index contributed by atoms with van der Waals surface area (Å²) in [5.74, 6) is -0.176. The van der Waals surface area contributed by atoms with Crippen LogP contribution in [0.1, 0.15) is 53.4 Å². The molecule has 0 bridgehead atoms. The molecule has 3 atom stereocenters. The highest BCUT2D eigenvalue weighted by atomic mass is 16.6. The molecule has 3 unspecified atom stereocenters. The maximum Gasteiger partial charge on any atom is 0.410 e. The lowest BCUT2D eigenvalue weighted by Gasteiger charge is -2.39. The predicted octanol–water partition coefficient (Wildman–Crippen LogP) is 1.63. The third kappa shape index (κ3) is 5.53. The lowest BCUT2D eigenvalue weighted by molar-refractivity contribution is -0.123. The normalized spacial score (nSPS) is 24.1. The molecule has 0 radical (unpaired) electrons. The van der Waals surface area contributed by atoms with Gasteiger partial charge in [-0.25, -0.2) is 4.79 Å². The molecule has 6 nitrogen and oxygen atoms in total. The Morgan fingerprint density at radius 1 is 1.29 bits per heavy atom. The predicted molar refractivity (Wildman–Crippen MR) is 81.8 cm³/mol. The number of rotatable bonds is 3. The van der Waals surface area contributed by atoms with Gasteiger partial charge in [-0.15, -0.1) is 0 Å². The Balaban J connectivity index is 2.71. The summed E-state index contributed by atoms with van der Waals surface area (Å²) in [7, 11) is 1.73. The first kappa shape index (κ1) is 17.8. The van der Waals surface area contributed by atoms with Gasteiger partial charge in [-0.2, -0.15) is 0 Å². The van der Waals surface area contributed by atoms with Gasteiger partial charge < -0.3 is 20.7 Å². The van der Waals surface area contributed by atoms with Crippen LogP contribution in [0, 0.1) is 0 Å². The highest BCUT2D eigenvalue weighted by molar-refractivity contribution is 5.81. The van der Waals surface area contributed by atoms with E-state index in [-0.39, 0.29) is 24.1 Å². The van der Waals surface area contributed by atoms with Crippen LogP contribution in [0.15, 0.2) is 0 Å². The highest BCUT2D eigenvalue weighted by Crippen LogP contribution is 2.24. The van der Waals surface area contributed by atoms with Crippen molar-refractivity contribution < 1.29 is 14.3 Å². The van der Waals surface area contributed by atoms with Crippen LogP contribution in [0.25, 0.3) is 0 Å². The second-order valence-electron chi connectivity index (χ2n) is 6.85. The number of nitrogens with one attached hydrogen (secondary N) is 1. The molecule has 21 heavy (non-hydrogen) atoms. The third-order valence-corrected chi connectivity index (χ3v) is 3.65. The van der Waals surface area contributed by atoms with E-state index in [9.17, 15) is 9.59 Å². The molecule has 0 saturated heterocycles. The first-order valence-electron chi connectivity index (χ1n) is 7.63. The molecule has 0 spiro atoms. The van der Waals surface area contributed by atoms with Gasteiger partial charge in [0.15, 0.2) is 0 Å². The third-order valence-electron chi connectivity index (χ3n) is 3.65. The van der Waals surface area contributed by atoms with Crippen molar-refractivity contribution in [2.75, 3.05) is 7.05 Å². The standard InChI is InChI=1S/C15H29N3O3/c1-10(16)13(19)17-11-8-6-7-9-12(11)18(5)14(20)21-15(2,3)4/h10-12H,6-9,16H2,1-5H3,(H,17,19). The zero-order valence-corrected chi connectivity index (χ0v) is 13.8. The maximum atomic E-state index is 12.2. The first-order valence-corrected chi connectivity index (χ1v) is 7.63. The van der Waals surface area contributed by atoms with Crippen molar-refractivity contribution in [2.24, 2.45) is 5.73 Å². The van der Waals surface area contributed by atoms with Crippen molar-refractivity contribution in [3.8, 4) is 0 Å². The molecular formula is C15H29N3O3. The van der Waals surface area contributed by atoms with Crippen molar-refractivity contribution in [1.29, 1.82) is 0 Å². The SMILES string of the molecule is CC(N)C(=O)NC1CCCCC1N(C)C(=O)OC(C)(C)C. The van der Waals surface area contributed by atoms with E-state index in [0.29, 0.717) is 0 Å². The minimum atomic E-state index is -0.542. The van der Waals surface area contributed by atoms with Gasteiger partial charge >= 0.3 is 6.09 Å². The van der Waals surface area contributed by atoms with Gasteiger partial charge in [0.1, 0.15) is 5.60 Å². The summed E-state index contributed by atoms with van der Waals surface area (Å²) in [5, 5.41) is 2.95. The molecule has 0 aromatic carbocycles. The Hall–Kier alpha value is -1.30. The second kappa shape index (κ2) is 7.11. The van der Waals surface area contributed by atoms with E-state index in [1.165, 1.54) is 0 Å². The van der Waals surface area contributed by atoms with Crippen LogP contribution in [0.3, 0.4) is 0 Å². The van der Waals surface area contributed by atoms with Gasteiger partial charge in [0.2, 0.25) is 5.91 Å². The molecule has 6 heteroatoms. The molecule has 1 aliphatic carbocycles. The maximum absolute atomic E-state index is 12.2. The van der Waals surface area contributed by atoms with Gasteiger partial charge in [0.05, 0.1) is 12.1 Å². The van der Waals surface area contributed by atoms with Crippen LogP contribution in [-0.2, 0) is 9.53 Å². The monoisotopic (exact) mass is 299 g/mol. The number of carbonyl (C=O) groups is 2. The molecule has 0 aromatic rings. The molecule has 1 rings (SSSR count). The van der Waals surface area contributed by atoms with Gasteiger partial charge in [-0.3, -0.25) is 4.79 Å². The summed E-state index contributed by atoms with van der Waals surface area (Å²) in [6.45, 7) is 7.18. The van der Waals surface area contributed by atoms with E-state index in [2.05, 4.69) is 5.32 Å². The fourth-order valence-corrected chi connectivity index (χ4v) is 2.53. The lowest BCUT2D eigenvalue weighted by Crippen LogP contribution is -2.56. The summed E-state index contributed by atoms with van der Waals surface area (Å²) < 4.78 is 5.40. The molecule has 3 N–H and O–H groups in total. The molecular weight excluding hydrogens is 270 g/mol. The van der Waals surface area contributed by atoms with Gasteiger partial charge in [0.25, 0.3) is 0 Å². The Kier molecular flexibility index (Phi) is 6.01. The molecule has 122 valence electrons. The quantitative estimate of drug-likeness (QED) is 0.829. The van der Waals surface area contributed by atoms with Crippen molar-refractivity contribution in [1.82, 2.24) is 10.2 Å². The zero-order chi connectivity index (χ0) is 16.2. The Morgan fingerprint density at radius 2 is 1.86 bits per heavy atom. The van der Waals surface area contributed by atoms with E-state index in [1.54, 1.807) is 18.9 Å². The van der Waals surface area contributed by atoms with Crippen LogP contribution >= 0.6 is 0 Å². The number of amides is 2. The van der Waals surface area contributed by atoms with Gasteiger partial charge in [-0.05, 0) is 40.5 Å². The molecule has 1 aliphatic rings. The van der Waals surface area contributed by atoms with Crippen LogP contribution in [-0.4, -0.2) is 47.7 Å². The average molecular weight is 299 g/mol. The lowest BCUT2D eigenvalue weighted by atomic mass is 9.89. The molecule has 1 fully saturated rings. The summed E-state index contributed by atoms with van der Waals surface area (Å²) >= 11 is 0. The van der Waals surface area contributed by atoms with Crippen LogP contribution in [0.4, 0.5) is 4.79 Å². The molecule has 2 amide bonds. The van der Waals surface area contributed by atoms with E-state index < -0.39 is 11.6 Å². The topological polar surface area (TPSA) is 84.7 Å². The van der Waals surface area contributed by atoms with Crippen molar-refractivity contribution >= 4 is 12.0 Å². The summed E-state index contributed by atoms with van der Waals surface area (Å²) in [4.78, 5) is 25.6. The van der Waals surface area contributed by atoms with Crippen LogP contribution in [0.5, 0.6) is 0 Å². The van der Waals surface area contributed by atoms with E-state index >= 15 is 0 Å². The second-order valence-corrected chi connectivity index (χ2v) is 6.85. The number of hydrogen-bond acceptors (Lipinski definition) is 4. The summed E-state index contributed by atoms with van der Waals surface area (Å²) in [6, 6.07) is -0.648. The number of carbonyl (C=O) groups excluding carboxylic acids is 2. The number of nitrogens with two attached hydrogens (primary N) is 1. The average Bonchev–Trinajstić information content (AvgIpc) is 2.36. The number of likely N-dealkylation sites (N-methyl/N-ethyl adjacent to an activating group) is 1. The highest BCUT2D eigenvalue weighted by Gasteiger charge is 2.34. The first-order chi connectivity index (χ1) is 9.61. The largest absolute Gasteiger partial charge is 0.444 e. The Morgan fingerprint density at radius 3 is 2.38 bits per heavy atom. The van der Waals surface area contributed by atoms with Crippen LogP contribution < -0.4 is 11.1 Å².